The van der Waals surface area contributed by atoms with Gasteiger partial charge in [-0.3, -0.25) is 14.9 Å². The lowest BCUT2D eigenvalue weighted by Gasteiger charge is -2.00. The van der Waals surface area contributed by atoms with Gasteiger partial charge in [-0.1, -0.05) is 23.7 Å². The van der Waals surface area contributed by atoms with Crippen LogP contribution in [0.1, 0.15) is 5.56 Å². The molecule has 0 aliphatic carbocycles. The minimum atomic E-state index is -0.452. The number of hydrogen-bond donors (Lipinski definition) is 1. The number of carbonyl (C=O) groups excluding carboxylic acids is 1. The molecule has 0 atom stereocenters. The molecule has 2 rings (SSSR count). The van der Waals surface area contributed by atoms with Crippen LogP contribution >= 0.6 is 23.4 Å². The van der Waals surface area contributed by atoms with Gasteiger partial charge in [-0.05, 0) is 42.5 Å². The molecule has 0 unspecified atom stereocenters. The highest BCUT2D eigenvalue weighted by Crippen LogP contribution is 2.20. The fraction of sp³-hybridized carbons (Fsp3) is 0.0588. The van der Waals surface area contributed by atoms with E-state index in [0.717, 1.165) is 4.90 Å². The zero-order valence-corrected chi connectivity index (χ0v) is 14.5. The molecule has 0 aliphatic heterocycles. The van der Waals surface area contributed by atoms with E-state index in [0.29, 0.717) is 10.6 Å². The number of halogens is 1. The predicted molar refractivity (Wildman–Crippen MR) is 101 cm³/mol. The molecule has 128 valence electrons. The molecule has 0 aliphatic rings. The fourth-order valence-corrected chi connectivity index (χ4v) is 2.62. The van der Waals surface area contributed by atoms with Crippen molar-refractivity contribution < 1.29 is 9.72 Å². The normalized spacial score (nSPS) is 11.1. The molecule has 0 bridgehead atoms. The molecule has 6 nitrogen and oxygen atoms in total. The maximum Gasteiger partial charge on any atom is 0.276 e. The summed E-state index contributed by atoms with van der Waals surface area (Å²) in [7, 11) is 0. The third kappa shape index (κ3) is 6.40. The van der Waals surface area contributed by atoms with E-state index in [9.17, 15) is 14.9 Å². The Bertz CT molecular complexity index is 807. The molecule has 0 aromatic heterocycles. The smallest absolute Gasteiger partial charge is 0.272 e. The summed E-state index contributed by atoms with van der Waals surface area (Å²) < 4.78 is 0. The predicted octanol–water partition coefficient (Wildman–Crippen LogP) is 4.16. The standard InChI is InChI=1S/C17H14ClN3O3S/c18-14-7-9-15(10-8-14)25-12-17(22)20-19-11-3-5-13-4-1-2-6-16(13)21(23)24/h1-11H,12H2,(H,20,22)/b5-3+,19-11-. The number of amides is 1. The van der Waals surface area contributed by atoms with Crippen LogP contribution in [0.5, 0.6) is 0 Å². The topological polar surface area (TPSA) is 84.6 Å². The summed E-state index contributed by atoms with van der Waals surface area (Å²) in [6.45, 7) is 0. The fourth-order valence-electron chi connectivity index (χ4n) is 1.81. The van der Waals surface area contributed by atoms with Crippen molar-refractivity contribution in [2.75, 3.05) is 5.75 Å². The summed E-state index contributed by atoms with van der Waals surface area (Å²) in [5.74, 6) is -0.0392. The molecule has 0 radical (unpaired) electrons. The lowest BCUT2D eigenvalue weighted by Crippen LogP contribution is -2.19. The number of carbonyl (C=O) groups is 1. The van der Waals surface area contributed by atoms with E-state index in [1.54, 1.807) is 36.4 Å². The number of para-hydroxylation sites is 1. The van der Waals surface area contributed by atoms with Crippen LogP contribution in [0.15, 0.2) is 64.6 Å². The quantitative estimate of drug-likeness (QED) is 0.341. The van der Waals surface area contributed by atoms with E-state index in [2.05, 4.69) is 10.5 Å². The van der Waals surface area contributed by atoms with Gasteiger partial charge in [-0.25, -0.2) is 5.43 Å². The van der Waals surface area contributed by atoms with Gasteiger partial charge in [-0.15, -0.1) is 11.8 Å². The molecule has 8 heteroatoms. The van der Waals surface area contributed by atoms with Gasteiger partial charge in [0.15, 0.2) is 0 Å². The molecule has 0 fully saturated rings. The molecule has 2 aromatic rings. The largest absolute Gasteiger partial charge is 0.276 e. The number of nitro benzene ring substituents is 1. The van der Waals surface area contributed by atoms with Crippen molar-refractivity contribution in [2.24, 2.45) is 5.10 Å². The van der Waals surface area contributed by atoms with Crippen LogP contribution in [0.4, 0.5) is 5.69 Å². The monoisotopic (exact) mass is 375 g/mol. The molecule has 2 aromatic carbocycles. The Labute approximate surface area is 153 Å². The van der Waals surface area contributed by atoms with Crippen molar-refractivity contribution in [2.45, 2.75) is 4.90 Å². The number of thioether (sulfide) groups is 1. The number of rotatable bonds is 7. The molecule has 0 saturated heterocycles. The first-order chi connectivity index (χ1) is 12.1. The first-order valence-electron chi connectivity index (χ1n) is 7.16. The van der Waals surface area contributed by atoms with Crippen LogP contribution in [0, 0.1) is 10.1 Å². The van der Waals surface area contributed by atoms with Gasteiger partial charge in [-0.2, -0.15) is 5.10 Å². The third-order valence-electron chi connectivity index (χ3n) is 2.94. The van der Waals surface area contributed by atoms with E-state index >= 15 is 0 Å². The molecule has 1 amide bonds. The van der Waals surface area contributed by atoms with Crippen molar-refractivity contribution in [1.82, 2.24) is 5.43 Å². The second-order valence-corrected chi connectivity index (χ2v) is 6.22. The molecule has 0 heterocycles. The van der Waals surface area contributed by atoms with Crippen molar-refractivity contribution >= 4 is 47.2 Å². The molecular weight excluding hydrogens is 362 g/mol. The van der Waals surface area contributed by atoms with E-state index < -0.39 is 4.92 Å². The van der Waals surface area contributed by atoms with Crippen LogP contribution in [0.25, 0.3) is 6.08 Å². The van der Waals surface area contributed by atoms with Gasteiger partial charge >= 0.3 is 0 Å². The minimum Gasteiger partial charge on any atom is -0.272 e. The maximum absolute atomic E-state index is 11.7. The number of nitrogens with one attached hydrogen (secondary N) is 1. The minimum absolute atomic E-state index is 0.00977. The summed E-state index contributed by atoms with van der Waals surface area (Å²) in [6, 6.07) is 13.5. The highest BCUT2D eigenvalue weighted by molar-refractivity contribution is 8.00. The van der Waals surface area contributed by atoms with Gasteiger partial charge in [0, 0.05) is 22.2 Å². The zero-order valence-electron chi connectivity index (χ0n) is 13.0. The number of nitro groups is 1. The first kappa shape index (κ1) is 18.7. The molecule has 0 saturated carbocycles. The summed E-state index contributed by atoms with van der Waals surface area (Å²) >= 11 is 7.16. The summed E-state index contributed by atoms with van der Waals surface area (Å²) in [5.41, 5.74) is 2.86. The highest BCUT2D eigenvalue weighted by atomic mass is 35.5. The molecule has 1 N–H and O–H groups in total. The van der Waals surface area contributed by atoms with Gasteiger partial charge in [0.2, 0.25) is 5.91 Å². The van der Waals surface area contributed by atoms with Crippen LogP contribution in [-0.2, 0) is 4.79 Å². The number of hydrogen-bond acceptors (Lipinski definition) is 5. The third-order valence-corrected chi connectivity index (χ3v) is 4.21. The lowest BCUT2D eigenvalue weighted by atomic mass is 10.2. The Morgan fingerprint density at radius 2 is 1.96 bits per heavy atom. The van der Waals surface area contributed by atoms with E-state index in [4.69, 9.17) is 11.6 Å². The van der Waals surface area contributed by atoms with Crippen LogP contribution < -0.4 is 5.43 Å². The first-order valence-corrected chi connectivity index (χ1v) is 8.53. The Hall–Kier alpha value is -2.64. The van der Waals surface area contributed by atoms with Crippen molar-refractivity contribution in [3.05, 3.63) is 75.3 Å². The number of benzene rings is 2. The second kappa shape index (κ2) is 9.61. The summed E-state index contributed by atoms with van der Waals surface area (Å²) in [5, 5.41) is 15.3. The summed E-state index contributed by atoms with van der Waals surface area (Å²) in [6.07, 6.45) is 4.44. The molecule has 0 spiro atoms. The zero-order chi connectivity index (χ0) is 18.1. The highest BCUT2D eigenvalue weighted by Gasteiger charge is 2.08. The average molecular weight is 376 g/mol. The van der Waals surface area contributed by atoms with Crippen LogP contribution in [0.2, 0.25) is 5.02 Å². The van der Waals surface area contributed by atoms with E-state index in [1.807, 2.05) is 12.1 Å². The van der Waals surface area contributed by atoms with E-state index in [-0.39, 0.29) is 17.3 Å². The van der Waals surface area contributed by atoms with Gasteiger partial charge < -0.3 is 0 Å². The van der Waals surface area contributed by atoms with Crippen LogP contribution in [0.3, 0.4) is 0 Å². The second-order valence-electron chi connectivity index (χ2n) is 4.73. The maximum atomic E-state index is 11.7. The van der Waals surface area contributed by atoms with Gasteiger partial charge in [0.25, 0.3) is 5.69 Å². The SMILES string of the molecule is O=C(CSc1ccc(Cl)cc1)N/N=C\C=C\c1ccccc1[N+](=O)[O-]. The number of allylic oxidation sites excluding steroid dienone is 1. The Morgan fingerprint density at radius 1 is 1.24 bits per heavy atom. The van der Waals surface area contributed by atoms with Crippen LogP contribution in [-0.4, -0.2) is 22.8 Å². The van der Waals surface area contributed by atoms with Gasteiger partial charge in [0.05, 0.1) is 16.2 Å². The Morgan fingerprint density at radius 3 is 2.68 bits per heavy atom. The summed E-state index contributed by atoms with van der Waals surface area (Å²) in [4.78, 5) is 23.0. The van der Waals surface area contributed by atoms with Crippen molar-refractivity contribution in [3.8, 4) is 0 Å². The van der Waals surface area contributed by atoms with Crippen molar-refractivity contribution in [1.29, 1.82) is 0 Å². The lowest BCUT2D eigenvalue weighted by molar-refractivity contribution is -0.385. The van der Waals surface area contributed by atoms with E-state index in [1.165, 1.54) is 30.1 Å². The number of nitrogens with zero attached hydrogens (tertiary/aromatic N) is 2. The molecular formula is C17H14ClN3O3S. The van der Waals surface area contributed by atoms with Gasteiger partial charge in [0.1, 0.15) is 0 Å². The average Bonchev–Trinajstić information content (AvgIpc) is 2.61. The Kier molecular flexibility index (Phi) is 7.18. The molecule has 25 heavy (non-hydrogen) atoms. The number of hydrazone groups is 1. The van der Waals surface area contributed by atoms with Crippen molar-refractivity contribution in [3.63, 3.8) is 0 Å². The Balaban J connectivity index is 1.80.